The molecular formula is C20H24F6O4. The largest absolute Gasteiger partial charge is 0.426 e. The average molecular weight is 442 g/mol. The molecule has 1 aliphatic rings. The fourth-order valence-electron chi connectivity index (χ4n) is 3.28. The van der Waals surface area contributed by atoms with Crippen LogP contribution in [0.25, 0.3) is 0 Å². The maximum absolute atomic E-state index is 13.7. The van der Waals surface area contributed by atoms with Gasteiger partial charge in [-0.15, -0.1) is 0 Å². The molecule has 0 saturated heterocycles. The van der Waals surface area contributed by atoms with Gasteiger partial charge >= 0.3 is 18.1 Å². The Labute approximate surface area is 170 Å². The van der Waals surface area contributed by atoms with Crippen LogP contribution in [0.4, 0.5) is 26.3 Å². The summed E-state index contributed by atoms with van der Waals surface area (Å²) in [7, 11) is 0. The van der Waals surface area contributed by atoms with E-state index in [4.69, 9.17) is 14.2 Å². The zero-order valence-electron chi connectivity index (χ0n) is 16.6. The van der Waals surface area contributed by atoms with Crippen LogP contribution < -0.4 is 4.74 Å². The Kier molecular flexibility index (Phi) is 8.15. The highest BCUT2D eigenvalue weighted by atomic mass is 19.4. The molecule has 0 radical (unpaired) electrons. The van der Waals surface area contributed by atoms with E-state index in [2.05, 4.69) is 0 Å². The van der Waals surface area contributed by atoms with Gasteiger partial charge in [-0.05, 0) is 63.8 Å². The molecule has 1 fully saturated rings. The van der Waals surface area contributed by atoms with Crippen LogP contribution in [0.2, 0.25) is 0 Å². The van der Waals surface area contributed by atoms with E-state index in [-0.39, 0.29) is 18.1 Å². The van der Waals surface area contributed by atoms with Gasteiger partial charge in [-0.1, -0.05) is 0 Å². The smallest absolute Gasteiger partial charge is 0.426 e. The van der Waals surface area contributed by atoms with E-state index in [1.807, 2.05) is 6.92 Å². The van der Waals surface area contributed by atoms with E-state index in [9.17, 15) is 31.1 Å². The molecule has 30 heavy (non-hydrogen) atoms. The normalized spacial score (nSPS) is 22.4. The van der Waals surface area contributed by atoms with Crippen LogP contribution in [0.5, 0.6) is 5.75 Å². The zero-order chi connectivity index (χ0) is 22.5. The number of rotatable bonds is 8. The van der Waals surface area contributed by atoms with E-state index >= 15 is 0 Å². The van der Waals surface area contributed by atoms with E-state index in [1.54, 1.807) is 6.92 Å². The minimum atomic E-state index is -5.70. The Bertz CT molecular complexity index is 684. The summed E-state index contributed by atoms with van der Waals surface area (Å²) in [4.78, 5) is 12.3. The van der Waals surface area contributed by atoms with Crippen molar-refractivity contribution in [3.05, 3.63) is 29.8 Å². The third kappa shape index (κ3) is 6.34. The van der Waals surface area contributed by atoms with Crippen molar-refractivity contribution in [3.63, 3.8) is 0 Å². The molecule has 10 heteroatoms. The van der Waals surface area contributed by atoms with Crippen molar-refractivity contribution in [1.29, 1.82) is 0 Å². The molecule has 4 nitrogen and oxygen atoms in total. The number of benzene rings is 1. The van der Waals surface area contributed by atoms with Crippen LogP contribution in [-0.4, -0.2) is 37.3 Å². The Morgan fingerprint density at radius 1 is 1.07 bits per heavy atom. The SMILES string of the molecule is CCOC(C)OC1CCC(C(=O)Oc2ccc(C(F)(F)C(F)C(F)(F)F)cc2)CC1. The monoisotopic (exact) mass is 442 g/mol. The molecule has 170 valence electrons. The van der Waals surface area contributed by atoms with E-state index in [0.29, 0.717) is 44.4 Å². The number of esters is 1. The summed E-state index contributed by atoms with van der Waals surface area (Å²) in [6.45, 7) is 4.17. The first-order valence-corrected chi connectivity index (χ1v) is 9.63. The lowest BCUT2D eigenvalue weighted by Gasteiger charge is -2.29. The first-order valence-electron chi connectivity index (χ1n) is 9.63. The summed E-state index contributed by atoms with van der Waals surface area (Å²) in [5.41, 5.74) is -1.16. The van der Waals surface area contributed by atoms with Gasteiger partial charge in [0.05, 0.1) is 12.0 Å². The summed E-state index contributed by atoms with van der Waals surface area (Å²) < 4.78 is 93.5. The van der Waals surface area contributed by atoms with Gasteiger partial charge in [-0.25, -0.2) is 4.39 Å². The quantitative estimate of drug-likeness (QED) is 0.230. The topological polar surface area (TPSA) is 44.8 Å². The minimum Gasteiger partial charge on any atom is -0.426 e. The van der Waals surface area contributed by atoms with Crippen molar-refractivity contribution in [3.8, 4) is 5.75 Å². The average Bonchev–Trinajstić information content (AvgIpc) is 2.67. The van der Waals surface area contributed by atoms with Gasteiger partial charge in [0.1, 0.15) is 5.75 Å². The lowest BCUT2D eigenvalue weighted by atomic mass is 9.87. The molecule has 0 aromatic heterocycles. The van der Waals surface area contributed by atoms with E-state index < -0.39 is 35.7 Å². The number of hydrogen-bond acceptors (Lipinski definition) is 4. The van der Waals surface area contributed by atoms with Gasteiger partial charge in [0, 0.05) is 12.2 Å². The summed E-state index contributed by atoms with van der Waals surface area (Å²) >= 11 is 0. The van der Waals surface area contributed by atoms with Crippen LogP contribution in [0.15, 0.2) is 24.3 Å². The highest BCUT2D eigenvalue weighted by Gasteiger charge is 2.57. The molecule has 1 aromatic carbocycles. The number of alkyl halides is 6. The van der Waals surface area contributed by atoms with Crippen LogP contribution in [0.1, 0.15) is 45.1 Å². The van der Waals surface area contributed by atoms with Gasteiger partial charge in [0.2, 0.25) is 0 Å². The molecule has 1 aromatic rings. The van der Waals surface area contributed by atoms with Crippen molar-refractivity contribution >= 4 is 5.97 Å². The van der Waals surface area contributed by atoms with E-state index in [1.165, 1.54) is 0 Å². The third-order valence-electron chi connectivity index (χ3n) is 4.86. The molecule has 0 heterocycles. The maximum Gasteiger partial charge on any atom is 0.426 e. The standard InChI is InChI=1S/C20H24F6O4/c1-3-28-12(2)29-15-8-4-13(5-9-15)17(27)30-16-10-6-14(7-11-16)19(22,23)18(21)20(24,25)26/h6-7,10-13,15,18H,3-5,8-9H2,1-2H3. The lowest BCUT2D eigenvalue weighted by molar-refractivity contribution is -0.248. The van der Waals surface area contributed by atoms with Crippen LogP contribution >= 0.6 is 0 Å². The molecular weight excluding hydrogens is 418 g/mol. The molecule has 1 aliphatic carbocycles. The molecule has 0 N–H and O–H groups in total. The van der Waals surface area contributed by atoms with Gasteiger partial charge < -0.3 is 14.2 Å². The van der Waals surface area contributed by atoms with Gasteiger partial charge in [-0.2, -0.15) is 22.0 Å². The Balaban J connectivity index is 1.90. The van der Waals surface area contributed by atoms with Crippen LogP contribution in [-0.2, 0) is 20.2 Å². The molecule has 1 saturated carbocycles. The zero-order valence-corrected chi connectivity index (χ0v) is 16.6. The first kappa shape index (κ1) is 24.5. The Morgan fingerprint density at radius 3 is 2.13 bits per heavy atom. The Morgan fingerprint density at radius 2 is 1.63 bits per heavy atom. The van der Waals surface area contributed by atoms with Crippen molar-refractivity contribution in [2.24, 2.45) is 5.92 Å². The molecule has 2 rings (SSSR count). The number of hydrogen-bond donors (Lipinski definition) is 0. The molecule has 2 unspecified atom stereocenters. The van der Waals surface area contributed by atoms with Crippen molar-refractivity contribution in [2.75, 3.05) is 6.61 Å². The second kappa shape index (κ2) is 10.00. The molecule has 2 atom stereocenters. The van der Waals surface area contributed by atoms with Crippen molar-refractivity contribution < 1.29 is 45.3 Å². The third-order valence-corrected chi connectivity index (χ3v) is 4.86. The molecule has 0 bridgehead atoms. The van der Waals surface area contributed by atoms with Gasteiger partial charge in [0.15, 0.2) is 6.29 Å². The first-order chi connectivity index (χ1) is 13.9. The highest BCUT2D eigenvalue weighted by Crippen LogP contribution is 2.42. The van der Waals surface area contributed by atoms with Crippen molar-refractivity contribution in [2.45, 2.75) is 70.2 Å². The van der Waals surface area contributed by atoms with Crippen molar-refractivity contribution in [1.82, 2.24) is 0 Å². The molecule has 0 amide bonds. The lowest BCUT2D eigenvalue weighted by Crippen LogP contribution is -2.39. The number of carbonyl (C=O) groups excluding carboxylic acids is 1. The predicted molar refractivity (Wildman–Crippen MR) is 94.8 cm³/mol. The molecule has 0 aliphatic heterocycles. The fraction of sp³-hybridized carbons (Fsp3) is 0.650. The van der Waals surface area contributed by atoms with Crippen LogP contribution in [0.3, 0.4) is 0 Å². The van der Waals surface area contributed by atoms with Gasteiger partial charge in [-0.3, -0.25) is 4.79 Å². The number of ether oxygens (including phenoxy) is 3. The minimum absolute atomic E-state index is 0.0422. The second-order valence-corrected chi connectivity index (χ2v) is 7.11. The fourth-order valence-corrected chi connectivity index (χ4v) is 3.28. The summed E-state index contributed by atoms with van der Waals surface area (Å²) in [5.74, 6) is -5.83. The summed E-state index contributed by atoms with van der Waals surface area (Å²) in [6.07, 6.45) is -8.16. The van der Waals surface area contributed by atoms with E-state index in [0.717, 1.165) is 12.1 Å². The highest BCUT2D eigenvalue weighted by molar-refractivity contribution is 5.75. The molecule has 0 spiro atoms. The summed E-state index contributed by atoms with van der Waals surface area (Å²) in [5, 5.41) is 0. The number of halogens is 6. The number of carbonyl (C=O) groups is 1. The Hall–Kier alpha value is -1.81. The van der Waals surface area contributed by atoms with Crippen LogP contribution in [0, 0.1) is 5.92 Å². The van der Waals surface area contributed by atoms with Gasteiger partial charge in [0.25, 0.3) is 6.17 Å². The second-order valence-electron chi connectivity index (χ2n) is 7.11. The maximum atomic E-state index is 13.7. The summed E-state index contributed by atoms with van der Waals surface area (Å²) in [6, 6.07) is 3.06. The predicted octanol–water partition coefficient (Wildman–Crippen LogP) is 5.54.